The normalized spacial score (nSPS) is 20.4. The zero-order chi connectivity index (χ0) is 10.7. The molecule has 0 spiro atoms. The van der Waals surface area contributed by atoms with Crippen LogP contribution in [-0.2, 0) is 4.74 Å². The second kappa shape index (κ2) is 4.81. The maximum absolute atomic E-state index is 9.99. The topological polar surface area (TPSA) is 42.6 Å². The summed E-state index contributed by atoms with van der Waals surface area (Å²) in [6, 6.07) is 1.91. The van der Waals surface area contributed by atoms with E-state index in [1.54, 1.807) is 6.26 Å². The van der Waals surface area contributed by atoms with Crippen LogP contribution in [0.5, 0.6) is 0 Å². The van der Waals surface area contributed by atoms with Gasteiger partial charge in [-0.2, -0.15) is 0 Å². The fraction of sp³-hybridized carbons (Fsp3) is 0.667. The third-order valence-electron chi connectivity index (χ3n) is 3.03. The molecule has 0 amide bonds. The summed E-state index contributed by atoms with van der Waals surface area (Å²) in [7, 11) is 0. The van der Waals surface area contributed by atoms with E-state index in [0.717, 1.165) is 43.8 Å². The van der Waals surface area contributed by atoms with Crippen LogP contribution in [0.25, 0.3) is 0 Å². The van der Waals surface area contributed by atoms with Crippen molar-refractivity contribution < 1.29 is 14.3 Å². The molecule has 0 radical (unpaired) electrons. The van der Waals surface area contributed by atoms with Crippen LogP contribution in [0.1, 0.15) is 36.7 Å². The molecule has 15 heavy (non-hydrogen) atoms. The van der Waals surface area contributed by atoms with Gasteiger partial charge in [-0.15, -0.1) is 0 Å². The number of hydrogen-bond acceptors (Lipinski definition) is 3. The molecule has 1 aromatic heterocycles. The summed E-state index contributed by atoms with van der Waals surface area (Å²) in [5, 5.41) is 9.99. The van der Waals surface area contributed by atoms with Crippen molar-refractivity contribution >= 4 is 0 Å². The van der Waals surface area contributed by atoms with E-state index in [9.17, 15) is 5.11 Å². The lowest BCUT2D eigenvalue weighted by Crippen LogP contribution is -2.17. The van der Waals surface area contributed by atoms with Crippen LogP contribution in [0, 0.1) is 12.8 Å². The summed E-state index contributed by atoms with van der Waals surface area (Å²) in [5.41, 5.74) is 0.902. The molecule has 84 valence electrons. The molecule has 1 atom stereocenters. The largest absolute Gasteiger partial charge is 0.469 e. The average molecular weight is 210 g/mol. The van der Waals surface area contributed by atoms with Gasteiger partial charge in [0.1, 0.15) is 5.76 Å². The fourth-order valence-corrected chi connectivity index (χ4v) is 2.07. The van der Waals surface area contributed by atoms with Gasteiger partial charge in [-0.25, -0.2) is 0 Å². The van der Waals surface area contributed by atoms with Gasteiger partial charge in [0.2, 0.25) is 0 Å². The van der Waals surface area contributed by atoms with E-state index in [2.05, 4.69) is 0 Å². The lowest BCUT2D eigenvalue weighted by molar-refractivity contribution is 0.0434. The summed E-state index contributed by atoms with van der Waals surface area (Å²) in [5.74, 6) is 1.44. The van der Waals surface area contributed by atoms with Crippen molar-refractivity contribution in [3.05, 3.63) is 23.7 Å². The third-order valence-corrected chi connectivity index (χ3v) is 3.03. The Bertz CT molecular complexity index is 300. The summed E-state index contributed by atoms with van der Waals surface area (Å²) in [4.78, 5) is 0. The summed E-state index contributed by atoms with van der Waals surface area (Å²) < 4.78 is 10.5. The third kappa shape index (κ3) is 2.83. The van der Waals surface area contributed by atoms with Crippen molar-refractivity contribution in [1.82, 2.24) is 0 Å². The first kappa shape index (κ1) is 10.7. The Morgan fingerprint density at radius 2 is 2.20 bits per heavy atom. The molecule has 0 aliphatic carbocycles. The fourth-order valence-electron chi connectivity index (χ4n) is 2.07. The van der Waals surface area contributed by atoms with E-state index in [1.165, 1.54) is 0 Å². The molecule has 1 saturated heterocycles. The second-order valence-electron chi connectivity index (χ2n) is 4.30. The van der Waals surface area contributed by atoms with E-state index < -0.39 is 0 Å². The molecular weight excluding hydrogens is 192 g/mol. The molecular formula is C12H18O3. The van der Waals surface area contributed by atoms with Crippen LogP contribution in [0.3, 0.4) is 0 Å². The first-order valence-electron chi connectivity index (χ1n) is 5.56. The molecule has 1 aliphatic heterocycles. The number of furan rings is 1. The van der Waals surface area contributed by atoms with Crippen LogP contribution in [0.15, 0.2) is 16.7 Å². The summed E-state index contributed by atoms with van der Waals surface area (Å²) in [6.45, 7) is 3.56. The highest BCUT2D eigenvalue weighted by molar-refractivity contribution is 5.14. The maximum atomic E-state index is 9.99. The van der Waals surface area contributed by atoms with Crippen molar-refractivity contribution in [2.75, 3.05) is 13.2 Å². The molecule has 0 bridgehead atoms. The van der Waals surface area contributed by atoms with Gasteiger partial charge in [0.25, 0.3) is 0 Å². The maximum Gasteiger partial charge on any atom is 0.101 e. The van der Waals surface area contributed by atoms with Crippen LogP contribution in [0.4, 0.5) is 0 Å². The quantitative estimate of drug-likeness (QED) is 0.833. The Hall–Kier alpha value is -0.800. The Morgan fingerprint density at radius 3 is 2.80 bits per heavy atom. The highest BCUT2D eigenvalue weighted by atomic mass is 16.5. The predicted molar refractivity (Wildman–Crippen MR) is 56.6 cm³/mol. The number of aliphatic hydroxyl groups is 1. The minimum atomic E-state index is -0.384. The molecule has 1 aromatic rings. The monoisotopic (exact) mass is 210 g/mol. The molecule has 1 N–H and O–H groups in total. The number of hydrogen-bond donors (Lipinski definition) is 1. The van der Waals surface area contributed by atoms with Gasteiger partial charge in [0.05, 0.1) is 12.4 Å². The van der Waals surface area contributed by atoms with Gasteiger partial charge in [-0.1, -0.05) is 0 Å². The van der Waals surface area contributed by atoms with E-state index in [1.807, 2.05) is 13.0 Å². The van der Waals surface area contributed by atoms with Gasteiger partial charge in [-0.3, -0.25) is 0 Å². The molecule has 1 unspecified atom stereocenters. The SMILES string of the molecule is Cc1cc(C(O)CC2CCOCC2)co1. The number of ether oxygens (including phenoxy) is 1. The Labute approximate surface area is 90.0 Å². The van der Waals surface area contributed by atoms with Crippen LogP contribution >= 0.6 is 0 Å². The molecule has 2 rings (SSSR count). The van der Waals surface area contributed by atoms with Gasteiger partial charge >= 0.3 is 0 Å². The number of aliphatic hydroxyl groups excluding tert-OH is 1. The standard InChI is InChI=1S/C12H18O3/c1-9-6-11(8-15-9)12(13)7-10-2-4-14-5-3-10/h6,8,10,12-13H,2-5,7H2,1H3. The lowest BCUT2D eigenvalue weighted by atomic mass is 9.92. The van der Waals surface area contributed by atoms with Crippen molar-refractivity contribution in [3.63, 3.8) is 0 Å². The van der Waals surface area contributed by atoms with Crippen LogP contribution in [-0.4, -0.2) is 18.3 Å². The Kier molecular flexibility index (Phi) is 3.44. The molecule has 0 saturated carbocycles. The van der Waals surface area contributed by atoms with E-state index in [0.29, 0.717) is 5.92 Å². The summed E-state index contributed by atoms with van der Waals surface area (Å²) >= 11 is 0. The Morgan fingerprint density at radius 1 is 1.47 bits per heavy atom. The molecule has 1 aliphatic rings. The predicted octanol–water partition coefficient (Wildman–Crippen LogP) is 2.44. The van der Waals surface area contributed by atoms with Gasteiger partial charge in [-0.05, 0) is 38.2 Å². The highest BCUT2D eigenvalue weighted by Gasteiger charge is 2.19. The van der Waals surface area contributed by atoms with E-state index >= 15 is 0 Å². The molecule has 1 fully saturated rings. The number of rotatable bonds is 3. The highest BCUT2D eigenvalue weighted by Crippen LogP contribution is 2.28. The summed E-state index contributed by atoms with van der Waals surface area (Å²) in [6.07, 6.45) is 4.22. The molecule has 3 heteroatoms. The van der Waals surface area contributed by atoms with Gasteiger partial charge in [0, 0.05) is 18.8 Å². The zero-order valence-corrected chi connectivity index (χ0v) is 9.11. The molecule has 2 heterocycles. The van der Waals surface area contributed by atoms with Crippen molar-refractivity contribution in [2.45, 2.75) is 32.3 Å². The first-order chi connectivity index (χ1) is 7.25. The second-order valence-corrected chi connectivity index (χ2v) is 4.30. The first-order valence-corrected chi connectivity index (χ1v) is 5.56. The Balaban J connectivity index is 1.88. The van der Waals surface area contributed by atoms with E-state index in [-0.39, 0.29) is 6.10 Å². The zero-order valence-electron chi connectivity index (χ0n) is 9.11. The molecule has 3 nitrogen and oxygen atoms in total. The average Bonchev–Trinajstić information content (AvgIpc) is 2.66. The van der Waals surface area contributed by atoms with Crippen LogP contribution in [0.2, 0.25) is 0 Å². The van der Waals surface area contributed by atoms with Gasteiger partial charge < -0.3 is 14.3 Å². The van der Waals surface area contributed by atoms with Gasteiger partial charge in [0.15, 0.2) is 0 Å². The van der Waals surface area contributed by atoms with Crippen molar-refractivity contribution in [1.29, 1.82) is 0 Å². The lowest BCUT2D eigenvalue weighted by Gasteiger charge is -2.23. The van der Waals surface area contributed by atoms with Crippen molar-refractivity contribution in [3.8, 4) is 0 Å². The minimum Gasteiger partial charge on any atom is -0.469 e. The van der Waals surface area contributed by atoms with E-state index in [4.69, 9.17) is 9.15 Å². The van der Waals surface area contributed by atoms with Crippen molar-refractivity contribution in [2.24, 2.45) is 5.92 Å². The van der Waals surface area contributed by atoms with Crippen LogP contribution < -0.4 is 0 Å². The molecule has 0 aromatic carbocycles. The number of aryl methyl sites for hydroxylation is 1. The smallest absolute Gasteiger partial charge is 0.101 e. The minimum absolute atomic E-state index is 0.384.